The number of nitrogens with zero attached hydrogens (tertiary/aromatic N) is 3. The van der Waals surface area contributed by atoms with Crippen LogP contribution in [0.15, 0.2) is 53.4 Å². The molecule has 0 spiro atoms. The molecule has 0 radical (unpaired) electrons. The van der Waals surface area contributed by atoms with E-state index in [-0.39, 0.29) is 23.0 Å². The lowest BCUT2D eigenvalue weighted by molar-refractivity contribution is -0.0440. The van der Waals surface area contributed by atoms with E-state index in [1.165, 1.54) is 16.4 Å². The van der Waals surface area contributed by atoms with E-state index in [0.29, 0.717) is 24.3 Å². The number of rotatable bonds is 5. The van der Waals surface area contributed by atoms with Crippen molar-refractivity contribution < 1.29 is 17.9 Å². The number of hydrogen-bond acceptors (Lipinski definition) is 6. The second-order valence-electron chi connectivity index (χ2n) is 8.90. The number of morpholine rings is 1. The number of ether oxygens (including phenoxy) is 1. The highest BCUT2D eigenvalue weighted by molar-refractivity contribution is 7.89. The summed E-state index contributed by atoms with van der Waals surface area (Å²) in [5.41, 5.74) is 2.24. The minimum absolute atomic E-state index is 0.156. The SMILES string of the molecule is C[C@@H]1CN(S(=O)(=O)c2ccc(C(=O)Nc3ccc(N4CCN(C)CC4)cc3)cc2)C[C@@H](C)O1. The van der Waals surface area contributed by atoms with Crippen molar-refractivity contribution in [2.45, 2.75) is 31.0 Å². The lowest BCUT2D eigenvalue weighted by Crippen LogP contribution is -2.48. The molecule has 0 unspecified atom stereocenters. The zero-order valence-electron chi connectivity index (χ0n) is 19.4. The van der Waals surface area contributed by atoms with Crippen molar-refractivity contribution in [1.29, 1.82) is 0 Å². The predicted octanol–water partition coefficient (Wildman–Crippen LogP) is 2.49. The van der Waals surface area contributed by atoms with E-state index in [9.17, 15) is 13.2 Å². The number of hydrogen-bond donors (Lipinski definition) is 1. The van der Waals surface area contributed by atoms with Gasteiger partial charge in [0.1, 0.15) is 0 Å². The summed E-state index contributed by atoms with van der Waals surface area (Å²) in [6.45, 7) is 8.41. The molecule has 0 bridgehead atoms. The highest BCUT2D eigenvalue weighted by Crippen LogP contribution is 2.23. The van der Waals surface area contributed by atoms with E-state index in [1.807, 2.05) is 38.1 Å². The van der Waals surface area contributed by atoms with Crippen molar-refractivity contribution >= 4 is 27.3 Å². The first-order valence-corrected chi connectivity index (χ1v) is 12.8. The van der Waals surface area contributed by atoms with Gasteiger partial charge in [-0.3, -0.25) is 4.79 Å². The molecule has 2 atom stereocenters. The van der Waals surface area contributed by atoms with Crippen LogP contribution in [0.3, 0.4) is 0 Å². The van der Waals surface area contributed by atoms with Crippen LogP contribution in [0.1, 0.15) is 24.2 Å². The molecule has 1 amide bonds. The average molecular weight is 473 g/mol. The third-order valence-corrected chi connectivity index (χ3v) is 7.98. The van der Waals surface area contributed by atoms with Gasteiger partial charge in [0.25, 0.3) is 5.91 Å². The maximum atomic E-state index is 13.0. The summed E-state index contributed by atoms with van der Waals surface area (Å²) in [5, 5.41) is 2.89. The van der Waals surface area contributed by atoms with Crippen molar-refractivity contribution in [2.24, 2.45) is 0 Å². The first-order chi connectivity index (χ1) is 15.7. The molecule has 1 N–H and O–H groups in total. The number of piperazine rings is 1. The standard InChI is InChI=1S/C24H32N4O4S/c1-18-16-28(17-19(2)32-18)33(30,31)23-10-4-20(5-11-23)24(29)25-21-6-8-22(9-7-21)27-14-12-26(3)13-15-27/h4-11,18-19H,12-17H2,1-3H3,(H,25,29)/t18-,19-/m1/s1. The highest BCUT2D eigenvalue weighted by atomic mass is 32.2. The van der Waals surface area contributed by atoms with Crippen LogP contribution in [0.4, 0.5) is 11.4 Å². The van der Waals surface area contributed by atoms with E-state index < -0.39 is 10.0 Å². The molecule has 2 fully saturated rings. The van der Waals surface area contributed by atoms with Gasteiger partial charge in [-0.2, -0.15) is 4.31 Å². The summed E-state index contributed by atoms with van der Waals surface area (Å²) < 4.78 is 33.1. The number of nitrogens with one attached hydrogen (secondary N) is 1. The number of carbonyl (C=O) groups excluding carboxylic acids is 1. The van der Waals surface area contributed by atoms with Gasteiger partial charge in [0, 0.05) is 56.2 Å². The zero-order valence-corrected chi connectivity index (χ0v) is 20.2. The Morgan fingerprint density at radius 1 is 0.909 bits per heavy atom. The minimum atomic E-state index is -3.63. The third kappa shape index (κ3) is 5.55. The fraction of sp³-hybridized carbons (Fsp3) is 0.458. The molecule has 0 saturated carbocycles. The maximum Gasteiger partial charge on any atom is 0.255 e. The van der Waals surface area contributed by atoms with E-state index in [4.69, 9.17) is 4.74 Å². The van der Waals surface area contributed by atoms with Gasteiger partial charge in [-0.05, 0) is 69.4 Å². The Morgan fingerprint density at radius 3 is 2.06 bits per heavy atom. The lowest BCUT2D eigenvalue weighted by Gasteiger charge is -2.34. The van der Waals surface area contributed by atoms with Crippen molar-refractivity contribution in [1.82, 2.24) is 9.21 Å². The van der Waals surface area contributed by atoms with Crippen LogP contribution >= 0.6 is 0 Å². The molecule has 0 aromatic heterocycles. The van der Waals surface area contributed by atoms with Crippen LogP contribution in [-0.2, 0) is 14.8 Å². The molecular weight excluding hydrogens is 440 g/mol. The van der Waals surface area contributed by atoms with Crippen LogP contribution < -0.4 is 10.2 Å². The van der Waals surface area contributed by atoms with Crippen molar-refractivity contribution in [3.63, 3.8) is 0 Å². The van der Waals surface area contributed by atoms with Crippen LogP contribution in [0.2, 0.25) is 0 Å². The summed E-state index contributed by atoms with van der Waals surface area (Å²) in [6, 6.07) is 13.9. The fourth-order valence-electron chi connectivity index (χ4n) is 4.28. The normalized spacial score (nSPS) is 22.8. The maximum absolute atomic E-state index is 13.0. The van der Waals surface area contributed by atoms with Gasteiger partial charge in [0.05, 0.1) is 17.1 Å². The van der Waals surface area contributed by atoms with E-state index in [1.54, 1.807) is 12.1 Å². The van der Waals surface area contributed by atoms with Gasteiger partial charge < -0.3 is 19.9 Å². The largest absolute Gasteiger partial charge is 0.373 e. The summed E-state index contributed by atoms with van der Waals surface area (Å²) in [5.74, 6) is -0.278. The summed E-state index contributed by atoms with van der Waals surface area (Å²) in [7, 11) is -1.51. The zero-order chi connectivity index (χ0) is 23.6. The molecule has 9 heteroatoms. The van der Waals surface area contributed by atoms with Crippen molar-refractivity contribution in [2.75, 3.05) is 56.5 Å². The minimum Gasteiger partial charge on any atom is -0.373 e. The Bertz CT molecular complexity index is 1050. The highest BCUT2D eigenvalue weighted by Gasteiger charge is 2.32. The molecule has 178 valence electrons. The Hall–Kier alpha value is -2.46. The Kier molecular flexibility index (Phi) is 7.04. The number of carbonyl (C=O) groups is 1. The van der Waals surface area contributed by atoms with E-state index >= 15 is 0 Å². The first kappa shape index (κ1) is 23.7. The Balaban J connectivity index is 1.39. The molecule has 2 aromatic rings. The summed E-state index contributed by atoms with van der Waals surface area (Å²) in [6.07, 6.45) is -0.313. The molecule has 2 aromatic carbocycles. The topological polar surface area (TPSA) is 82.2 Å². The second kappa shape index (κ2) is 9.80. The summed E-state index contributed by atoms with van der Waals surface area (Å²) >= 11 is 0. The molecule has 2 aliphatic heterocycles. The van der Waals surface area contributed by atoms with E-state index in [0.717, 1.165) is 31.9 Å². The number of amides is 1. The van der Waals surface area contributed by atoms with Gasteiger partial charge in [0.15, 0.2) is 0 Å². The predicted molar refractivity (Wildman–Crippen MR) is 129 cm³/mol. The quantitative estimate of drug-likeness (QED) is 0.720. The first-order valence-electron chi connectivity index (χ1n) is 11.3. The Labute approximate surface area is 196 Å². The van der Waals surface area contributed by atoms with Crippen LogP contribution in [0.5, 0.6) is 0 Å². The summed E-state index contributed by atoms with van der Waals surface area (Å²) in [4.78, 5) is 17.5. The van der Waals surface area contributed by atoms with E-state index in [2.05, 4.69) is 22.2 Å². The number of anilines is 2. The molecule has 2 saturated heterocycles. The lowest BCUT2D eigenvalue weighted by atomic mass is 10.2. The number of benzene rings is 2. The monoisotopic (exact) mass is 472 g/mol. The van der Waals surface area contributed by atoms with Crippen LogP contribution in [0, 0.1) is 0 Å². The Morgan fingerprint density at radius 2 is 1.48 bits per heavy atom. The smallest absolute Gasteiger partial charge is 0.255 e. The molecule has 4 rings (SSSR count). The molecule has 2 heterocycles. The van der Waals surface area contributed by atoms with Gasteiger partial charge in [0.2, 0.25) is 10.0 Å². The fourth-order valence-corrected chi connectivity index (χ4v) is 5.87. The number of sulfonamides is 1. The molecule has 33 heavy (non-hydrogen) atoms. The van der Waals surface area contributed by atoms with Gasteiger partial charge in [-0.15, -0.1) is 0 Å². The van der Waals surface area contributed by atoms with Crippen molar-refractivity contribution in [3.05, 3.63) is 54.1 Å². The van der Waals surface area contributed by atoms with Gasteiger partial charge in [-0.25, -0.2) is 8.42 Å². The molecule has 8 nitrogen and oxygen atoms in total. The van der Waals surface area contributed by atoms with Crippen LogP contribution in [0.25, 0.3) is 0 Å². The van der Waals surface area contributed by atoms with Gasteiger partial charge >= 0.3 is 0 Å². The molecular formula is C24H32N4O4S. The molecule has 0 aliphatic carbocycles. The number of likely N-dealkylation sites (N-methyl/N-ethyl adjacent to an activating group) is 1. The third-order valence-electron chi connectivity index (χ3n) is 6.13. The molecule has 2 aliphatic rings. The van der Waals surface area contributed by atoms with Gasteiger partial charge in [-0.1, -0.05) is 0 Å². The average Bonchev–Trinajstić information content (AvgIpc) is 2.79. The van der Waals surface area contributed by atoms with Crippen LogP contribution in [-0.4, -0.2) is 82.1 Å². The second-order valence-corrected chi connectivity index (χ2v) is 10.8. The van der Waals surface area contributed by atoms with Crippen molar-refractivity contribution in [3.8, 4) is 0 Å².